The molecule has 0 spiro atoms. The van der Waals surface area contributed by atoms with Gasteiger partial charge in [0.15, 0.2) is 11.5 Å². The summed E-state index contributed by atoms with van der Waals surface area (Å²) in [6.45, 7) is 3.73. The SMILES string of the molecule is CCOC(=O)c1cocc1C(=O)NC(C)c1ccc(OC)c(OC)c1. The average molecular weight is 347 g/mol. The summed E-state index contributed by atoms with van der Waals surface area (Å²) in [5, 5.41) is 2.82. The van der Waals surface area contributed by atoms with Gasteiger partial charge in [-0.25, -0.2) is 4.79 Å². The van der Waals surface area contributed by atoms with E-state index in [9.17, 15) is 9.59 Å². The Morgan fingerprint density at radius 2 is 1.80 bits per heavy atom. The normalized spacial score (nSPS) is 11.5. The summed E-state index contributed by atoms with van der Waals surface area (Å²) < 4.78 is 20.4. The highest BCUT2D eigenvalue weighted by Crippen LogP contribution is 2.30. The fraction of sp³-hybridized carbons (Fsp3) is 0.333. The first kappa shape index (κ1) is 18.4. The molecule has 2 rings (SSSR count). The van der Waals surface area contributed by atoms with Gasteiger partial charge in [0.1, 0.15) is 18.1 Å². The molecule has 1 amide bonds. The lowest BCUT2D eigenvalue weighted by atomic mass is 10.1. The van der Waals surface area contributed by atoms with Gasteiger partial charge in [-0.2, -0.15) is 0 Å². The molecule has 1 atom stereocenters. The zero-order chi connectivity index (χ0) is 18.4. The molecule has 2 aromatic rings. The van der Waals surface area contributed by atoms with Crippen LogP contribution in [0.2, 0.25) is 0 Å². The number of methoxy groups -OCH3 is 2. The summed E-state index contributed by atoms with van der Waals surface area (Å²) in [5.74, 6) is 0.139. The minimum atomic E-state index is -0.597. The molecule has 1 unspecified atom stereocenters. The summed E-state index contributed by atoms with van der Waals surface area (Å²) in [4.78, 5) is 24.3. The topological polar surface area (TPSA) is 87.0 Å². The molecule has 7 heteroatoms. The maximum absolute atomic E-state index is 12.5. The van der Waals surface area contributed by atoms with E-state index in [-0.39, 0.29) is 23.8 Å². The van der Waals surface area contributed by atoms with Crippen LogP contribution in [0.3, 0.4) is 0 Å². The highest BCUT2D eigenvalue weighted by Gasteiger charge is 2.22. The molecule has 1 aromatic carbocycles. The van der Waals surface area contributed by atoms with Gasteiger partial charge in [-0.15, -0.1) is 0 Å². The number of esters is 1. The third kappa shape index (κ3) is 4.12. The Morgan fingerprint density at radius 3 is 2.44 bits per heavy atom. The van der Waals surface area contributed by atoms with Gasteiger partial charge in [-0.3, -0.25) is 4.79 Å². The van der Waals surface area contributed by atoms with Crippen molar-refractivity contribution in [1.82, 2.24) is 5.32 Å². The molecule has 0 bridgehead atoms. The molecule has 1 aromatic heterocycles. The van der Waals surface area contributed by atoms with E-state index in [4.69, 9.17) is 18.6 Å². The first-order valence-electron chi connectivity index (χ1n) is 7.77. The van der Waals surface area contributed by atoms with E-state index in [1.54, 1.807) is 33.3 Å². The molecule has 0 radical (unpaired) electrons. The van der Waals surface area contributed by atoms with Crippen LogP contribution in [0.25, 0.3) is 0 Å². The van der Waals surface area contributed by atoms with Gasteiger partial charge in [0.25, 0.3) is 5.91 Å². The molecule has 0 fully saturated rings. The maximum Gasteiger partial charge on any atom is 0.342 e. The van der Waals surface area contributed by atoms with Crippen LogP contribution >= 0.6 is 0 Å². The fourth-order valence-electron chi connectivity index (χ4n) is 2.32. The number of hydrogen-bond acceptors (Lipinski definition) is 6. The number of carbonyl (C=O) groups is 2. The number of amides is 1. The number of furan rings is 1. The van der Waals surface area contributed by atoms with E-state index in [2.05, 4.69) is 5.32 Å². The third-order valence-electron chi connectivity index (χ3n) is 3.66. The second kappa shape index (κ2) is 8.23. The predicted octanol–water partition coefficient (Wildman–Crippen LogP) is 2.96. The van der Waals surface area contributed by atoms with Crippen LogP contribution in [0.15, 0.2) is 35.1 Å². The van der Waals surface area contributed by atoms with E-state index >= 15 is 0 Å². The highest BCUT2D eigenvalue weighted by molar-refractivity contribution is 6.05. The monoisotopic (exact) mass is 347 g/mol. The van der Waals surface area contributed by atoms with Gasteiger partial charge in [-0.05, 0) is 31.5 Å². The molecule has 0 aliphatic carbocycles. The Bertz CT molecular complexity index is 752. The van der Waals surface area contributed by atoms with E-state index in [1.807, 2.05) is 13.0 Å². The summed E-state index contributed by atoms with van der Waals surface area (Å²) in [5.41, 5.74) is 1.05. The van der Waals surface area contributed by atoms with Crippen LogP contribution in [0.1, 0.15) is 46.2 Å². The van der Waals surface area contributed by atoms with Crippen molar-refractivity contribution in [3.63, 3.8) is 0 Å². The Morgan fingerprint density at radius 1 is 1.12 bits per heavy atom. The second-order valence-electron chi connectivity index (χ2n) is 5.23. The fourth-order valence-corrected chi connectivity index (χ4v) is 2.32. The van der Waals surface area contributed by atoms with Crippen molar-refractivity contribution in [2.24, 2.45) is 0 Å². The average Bonchev–Trinajstić information content (AvgIpc) is 3.11. The molecule has 25 heavy (non-hydrogen) atoms. The maximum atomic E-state index is 12.5. The van der Waals surface area contributed by atoms with Crippen molar-refractivity contribution >= 4 is 11.9 Å². The zero-order valence-corrected chi connectivity index (χ0v) is 14.6. The lowest BCUT2D eigenvalue weighted by Crippen LogP contribution is -2.27. The van der Waals surface area contributed by atoms with Crippen molar-refractivity contribution in [1.29, 1.82) is 0 Å². The molecule has 1 heterocycles. The Hall–Kier alpha value is -2.96. The molecular formula is C18H21NO6. The van der Waals surface area contributed by atoms with E-state index < -0.39 is 11.9 Å². The van der Waals surface area contributed by atoms with Crippen LogP contribution in [-0.4, -0.2) is 32.7 Å². The number of carbonyl (C=O) groups excluding carboxylic acids is 2. The van der Waals surface area contributed by atoms with Gasteiger partial charge in [0.05, 0.1) is 32.4 Å². The van der Waals surface area contributed by atoms with Crippen molar-refractivity contribution in [3.05, 3.63) is 47.4 Å². The minimum Gasteiger partial charge on any atom is -0.493 e. The van der Waals surface area contributed by atoms with Gasteiger partial charge in [-0.1, -0.05) is 6.07 Å². The Balaban J connectivity index is 2.16. The molecule has 0 saturated carbocycles. The van der Waals surface area contributed by atoms with Crippen LogP contribution in [0, 0.1) is 0 Å². The van der Waals surface area contributed by atoms with Crippen molar-refractivity contribution in [2.45, 2.75) is 19.9 Å². The molecule has 0 aliphatic rings. The summed E-state index contributed by atoms with van der Waals surface area (Å²) in [7, 11) is 3.10. The molecule has 0 saturated heterocycles. The van der Waals surface area contributed by atoms with Gasteiger partial charge >= 0.3 is 5.97 Å². The van der Waals surface area contributed by atoms with Gasteiger partial charge in [0.2, 0.25) is 0 Å². The summed E-state index contributed by atoms with van der Waals surface area (Å²) >= 11 is 0. The smallest absolute Gasteiger partial charge is 0.342 e. The van der Waals surface area contributed by atoms with Crippen LogP contribution in [0.4, 0.5) is 0 Å². The standard InChI is InChI=1S/C18H21NO6/c1-5-25-18(21)14-10-24-9-13(14)17(20)19-11(2)12-6-7-15(22-3)16(8-12)23-4/h6-11H,5H2,1-4H3,(H,19,20). The predicted molar refractivity (Wildman–Crippen MR) is 90.1 cm³/mol. The van der Waals surface area contributed by atoms with Crippen molar-refractivity contribution in [3.8, 4) is 11.5 Å². The molecule has 0 aliphatic heterocycles. The van der Waals surface area contributed by atoms with Crippen molar-refractivity contribution < 1.29 is 28.2 Å². The first-order valence-corrected chi connectivity index (χ1v) is 7.77. The van der Waals surface area contributed by atoms with E-state index in [0.717, 1.165) is 5.56 Å². The highest BCUT2D eigenvalue weighted by atomic mass is 16.5. The van der Waals surface area contributed by atoms with Gasteiger partial charge in [0, 0.05) is 0 Å². The molecular weight excluding hydrogens is 326 g/mol. The lowest BCUT2D eigenvalue weighted by Gasteiger charge is -2.16. The number of ether oxygens (including phenoxy) is 3. The molecule has 7 nitrogen and oxygen atoms in total. The quantitative estimate of drug-likeness (QED) is 0.775. The van der Waals surface area contributed by atoms with Crippen LogP contribution < -0.4 is 14.8 Å². The molecule has 1 N–H and O–H groups in total. The summed E-state index contributed by atoms with van der Waals surface area (Å²) in [6, 6.07) is 5.05. The minimum absolute atomic E-state index is 0.0962. The molecule has 134 valence electrons. The third-order valence-corrected chi connectivity index (χ3v) is 3.66. The van der Waals surface area contributed by atoms with E-state index in [1.165, 1.54) is 12.5 Å². The zero-order valence-electron chi connectivity index (χ0n) is 14.6. The largest absolute Gasteiger partial charge is 0.493 e. The number of nitrogens with one attached hydrogen (secondary N) is 1. The number of rotatable bonds is 7. The lowest BCUT2D eigenvalue weighted by molar-refractivity contribution is 0.0522. The van der Waals surface area contributed by atoms with E-state index in [0.29, 0.717) is 11.5 Å². The van der Waals surface area contributed by atoms with Crippen molar-refractivity contribution in [2.75, 3.05) is 20.8 Å². The number of hydrogen-bond donors (Lipinski definition) is 1. The number of benzene rings is 1. The summed E-state index contributed by atoms with van der Waals surface area (Å²) in [6.07, 6.45) is 2.43. The van der Waals surface area contributed by atoms with Crippen LogP contribution in [0.5, 0.6) is 11.5 Å². The Labute approximate surface area is 145 Å². The first-order chi connectivity index (χ1) is 12.0. The Kier molecular flexibility index (Phi) is 6.05. The van der Waals surface area contributed by atoms with Gasteiger partial charge < -0.3 is 23.9 Å². The van der Waals surface area contributed by atoms with Crippen LogP contribution in [-0.2, 0) is 4.74 Å². The second-order valence-corrected chi connectivity index (χ2v) is 5.23.